The summed E-state index contributed by atoms with van der Waals surface area (Å²) < 4.78 is 53.1. The number of unbranched alkanes of at least 4 members (excludes halogenated alkanes) is 3. The van der Waals surface area contributed by atoms with Crippen LogP contribution in [0.5, 0.6) is 17.2 Å². The number of ether oxygens (including phenoxy) is 1. The number of nitrogens with one attached hydrogen (secondary N) is 1. The van der Waals surface area contributed by atoms with E-state index in [0.29, 0.717) is 12.0 Å². The first-order valence-electron chi connectivity index (χ1n) is 11.9. The van der Waals surface area contributed by atoms with Gasteiger partial charge >= 0.3 is 6.18 Å². The van der Waals surface area contributed by atoms with Crippen LogP contribution in [-0.4, -0.2) is 19.2 Å². The highest BCUT2D eigenvalue weighted by Gasteiger charge is 2.41. The second kappa shape index (κ2) is 10.7. The van der Waals surface area contributed by atoms with E-state index in [1.165, 1.54) is 6.07 Å². The zero-order chi connectivity index (χ0) is 25.9. The molecule has 0 unspecified atom stereocenters. The van der Waals surface area contributed by atoms with Crippen LogP contribution in [0.2, 0.25) is 0 Å². The van der Waals surface area contributed by atoms with Crippen LogP contribution in [-0.2, 0) is 19.1 Å². The van der Waals surface area contributed by atoms with Crippen LogP contribution >= 0.6 is 0 Å². The van der Waals surface area contributed by atoms with E-state index in [-0.39, 0.29) is 34.6 Å². The van der Waals surface area contributed by atoms with E-state index in [4.69, 9.17) is 9.15 Å². The maximum atomic E-state index is 14.1. The summed E-state index contributed by atoms with van der Waals surface area (Å²) in [4.78, 5) is 14.3. The first-order valence-corrected chi connectivity index (χ1v) is 11.9. The van der Waals surface area contributed by atoms with Crippen molar-refractivity contribution in [2.75, 3.05) is 14.1 Å². The second-order valence-corrected chi connectivity index (χ2v) is 9.45. The summed E-state index contributed by atoms with van der Waals surface area (Å²) in [6.45, 7) is 5.85. The van der Waals surface area contributed by atoms with Crippen LogP contribution in [0.25, 0.3) is 11.0 Å². The van der Waals surface area contributed by atoms with Crippen molar-refractivity contribution in [1.82, 2.24) is 0 Å². The lowest BCUT2D eigenvalue weighted by Gasteiger charge is -2.18. The first-order chi connectivity index (χ1) is 16.4. The Bertz CT molecular complexity index is 1240. The number of phenols is 1. The monoisotopic (exact) mass is 492 g/mol. The minimum Gasteiger partial charge on any atom is -0.507 e. The fourth-order valence-corrected chi connectivity index (χ4v) is 4.27. The summed E-state index contributed by atoms with van der Waals surface area (Å²) >= 11 is 0. The molecule has 0 saturated carbocycles. The Morgan fingerprint density at radius 3 is 2.26 bits per heavy atom. The van der Waals surface area contributed by atoms with Crippen LogP contribution in [0.15, 0.2) is 33.5 Å². The highest BCUT2D eigenvalue weighted by molar-refractivity contribution is 5.85. The molecule has 8 heteroatoms. The fourth-order valence-electron chi connectivity index (χ4n) is 4.27. The van der Waals surface area contributed by atoms with E-state index in [1.54, 1.807) is 40.1 Å². The Balaban J connectivity index is 2.27. The minimum absolute atomic E-state index is 0.0306. The number of phenolic OH excluding ortho intramolecular Hbond substituents is 1. The molecule has 0 saturated heterocycles. The molecule has 190 valence electrons. The van der Waals surface area contributed by atoms with Gasteiger partial charge in [-0.25, -0.2) is 0 Å². The molecule has 35 heavy (non-hydrogen) atoms. The summed E-state index contributed by atoms with van der Waals surface area (Å²) in [5, 5.41) is 10.9. The molecule has 5 nitrogen and oxygen atoms in total. The molecule has 0 aliphatic rings. The largest absolute Gasteiger partial charge is 0.507 e. The number of hydrogen-bond acceptors (Lipinski definition) is 4. The first kappa shape index (κ1) is 26.6. The number of hydrogen-bond donors (Lipinski definition) is 2. The number of aryl methyl sites for hydroxylation is 3. The standard InChI is InChI=1S/C27H32F3NO4/c1-6-7-8-9-10-18-14-20-23(33)25(34-19-12-16(2)11-17(3)13-19)26(27(28,29)30)35-24(20)21(22(18)32)15-31(4)5/h11-14,32H,6-10,15H2,1-5H3/p+1. The molecule has 2 aromatic carbocycles. The molecule has 0 aliphatic heterocycles. The lowest BCUT2D eigenvalue weighted by atomic mass is 9.98. The van der Waals surface area contributed by atoms with Crippen molar-refractivity contribution in [3.63, 3.8) is 0 Å². The van der Waals surface area contributed by atoms with E-state index in [9.17, 15) is 23.1 Å². The van der Waals surface area contributed by atoms with Gasteiger partial charge < -0.3 is 19.2 Å². The van der Waals surface area contributed by atoms with Crippen LogP contribution in [0.3, 0.4) is 0 Å². The molecule has 0 atom stereocenters. The number of alkyl halides is 3. The normalized spacial score (nSPS) is 12.0. The smallest absolute Gasteiger partial charge is 0.453 e. The second-order valence-electron chi connectivity index (χ2n) is 9.45. The average Bonchev–Trinajstić information content (AvgIpc) is 2.74. The van der Waals surface area contributed by atoms with Gasteiger partial charge in [-0.15, -0.1) is 0 Å². The number of fused-ring (bicyclic) bond motifs is 1. The summed E-state index contributed by atoms with van der Waals surface area (Å²) in [6, 6.07) is 6.43. The third-order valence-electron chi connectivity index (χ3n) is 5.79. The molecule has 0 aliphatic carbocycles. The molecule has 1 heterocycles. The van der Waals surface area contributed by atoms with Crippen molar-refractivity contribution in [2.45, 2.75) is 65.6 Å². The average molecular weight is 493 g/mol. The minimum atomic E-state index is -4.97. The van der Waals surface area contributed by atoms with E-state index in [0.717, 1.165) is 41.7 Å². The lowest BCUT2D eigenvalue weighted by molar-refractivity contribution is -0.872. The van der Waals surface area contributed by atoms with Gasteiger partial charge in [0.1, 0.15) is 18.0 Å². The van der Waals surface area contributed by atoms with Crippen molar-refractivity contribution in [3.05, 3.63) is 62.5 Å². The lowest BCUT2D eigenvalue weighted by Crippen LogP contribution is -3.04. The fraction of sp³-hybridized carbons (Fsp3) is 0.444. The summed E-state index contributed by atoms with van der Waals surface area (Å²) in [5.41, 5.74) is 1.11. The number of benzene rings is 2. The quantitative estimate of drug-likeness (QED) is 0.377. The van der Waals surface area contributed by atoms with E-state index in [2.05, 4.69) is 6.92 Å². The van der Waals surface area contributed by atoms with Gasteiger partial charge in [-0.05, 0) is 61.6 Å². The Morgan fingerprint density at radius 1 is 1.03 bits per heavy atom. The van der Waals surface area contributed by atoms with Crippen molar-refractivity contribution >= 4 is 11.0 Å². The molecule has 0 bridgehead atoms. The Kier molecular flexibility index (Phi) is 8.15. The molecule has 0 spiro atoms. The number of aromatic hydroxyl groups is 1. The van der Waals surface area contributed by atoms with Gasteiger partial charge in [0.2, 0.25) is 11.2 Å². The molecule has 3 aromatic rings. The molecule has 1 aromatic heterocycles. The SMILES string of the molecule is CCCCCCc1cc2c(=O)c(Oc3cc(C)cc(C)c3)c(C(F)(F)F)oc2c(C[NH+](C)C)c1O. The third kappa shape index (κ3) is 6.17. The molecule has 0 amide bonds. The van der Waals surface area contributed by atoms with Gasteiger partial charge in [0.15, 0.2) is 5.58 Å². The number of halogens is 3. The third-order valence-corrected chi connectivity index (χ3v) is 5.79. The Morgan fingerprint density at radius 2 is 1.69 bits per heavy atom. The summed E-state index contributed by atoms with van der Waals surface area (Å²) in [5.74, 6) is -2.41. The highest BCUT2D eigenvalue weighted by atomic mass is 19.4. The van der Waals surface area contributed by atoms with Gasteiger partial charge in [0, 0.05) is 0 Å². The molecular weight excluding hydrogens is 459 g/mol. The topological polar surface area (TPSA) is 64.1 Å². The zero-order valence-corrected chi connectivity index (χ0v) is 20.9. The predicted octanol–water partition coefficient (Wildman–Crippen LogP) is 5.69. The van der Waals surface area contributed by atoms with Crippen molar-refractivity contribution < 1.29 is 32.3 Å². The van der Waals surface area contributed by atoms with E-state index < -0.39 is 23.1 Å². The molecule has 0 fully saturated rings. The van der Waals surface area contributed by atoms with Crippen LogP contribution in [0.1, 0.15) is 60.6 Å². The van der Waals surface area contributed by atoms with E-state index >= 15 is 0 Å². The van der Waals surface area contributed by atoms with Gasteiger partial charge in [-0.1, -0.05) is 32.3 Å². The Hall–Kier alpha value is -3.00. The van der Waals surface area contributed by atoms with E-state index in [1.807, 2.05) is 6.07 Å². The zero-order valence-electron chi connectivity index (χ0n) is 20.9. The van der Waals surface area contributed by atoms with Crippen LogP contribution in [0, 0.1) is 13.8 Å². The van der Waals surface area contributed by atoms with Gasteiger partial charge in [0.05, 0.1) is 25.0 Å². The summed E-state index contributed by atoms with van der Waals surface area (Å²) in [6.07, 6.45) is -0.649. The molecule has 2 N–H and O–H groups in total. The Labute approximate surface area is 203 Å². The van der Waals surface area contributed by atoms with Gasteiger partial charge in [0.25, 0.3) is 5.76 Å². The van der Waals surface area contributed by atoms with Gasteiger partial charge in [-0.3, -0.25) is 4.79 Å². The van der Waals surface area contributed by atoms with Crippen molar-refractivity contribution in [3.8, 4) is 17.2 Å². The van der Waals surface area contributed by atoms with Gasteiger partial charge in [-0.2, -0.15) is 13.2 Å². The van der Waals surface area contributed by atoms with Crippen LogP contribution < -0.4 is 15.1 Å². The number of rotatable bonds is 9. The maximum absolute atomic E-state index is 14.1. The predicted molar refractivity (Wildman–Crippen MR) is 130 cm³/mol. The molecule has 3 rings (SSSR count). The van der Waals surface area contributed by atoms with Crippen LogP contribution in [0.4, 0.5) is 13.2 Å². The summed E-state index contributed by atoms with van der Waals surface area (Å²) in [7, 11) is 3.61. The van der Waals surface area contributed by atoms with Crippen molar-refractivity contribution in [2.24, 2.45) is 0 Å². The highest BCUT2D eigenvalue weighted by Crippen LogP contribution is 2.41. The molecule has 0 radical (unpaired) electrons. The maximum Gasteiger partial charge on any atom is 0.453 e. The molecular formula is C27H33F3NO4+. The number of quaternary nitrogens is 1. The van der Waals surface area contributed by atoms with Crippen molar-refractivity contribution in [1.29, 1.82) is 0 Å².